The molecule has 0 radical (unpaired) electrons. The van der Waals surface area contributed by atoms with Crippen LogP contribution in [-0.2, 0) is 4.79 Å². The molecule has 2 nitrogen and oxygen atoms in total. The Morgan fingerprint density at radius 2 is 2.12 bits per heavy atom. The Hall–Kier alpha value is -1.31. The number of hydrogen-bond donors (Lipinski definition) is 0. The van der Waals surface area contributed by atoms with E-state index in [1.165, 1.54) is 5.56 Å². The van der Waals surface area contributed by atoms with Gasteiger partial charge in [-0.2, -0.15) is 0 Å². The minimum absolute atomic E-state index is 0.350. The standard InChI is InChI=1S/C14H18O2/c1-10-3-6-14(11(2)9-10)16-8-7-13(15)12-4-5-12/h3,6,9,12H,4-5,7-8H2,1-2H3. The summed E-state index contributed by atoms with van der Waals surface area (Å²) in [6.07, 6.45) is 2.72. The molecule has 16 heavy (non-hydrogen) atoms. The molecule has 0 aliphatic heterocycles. The van der Waals surface area contributed by atoms with E-state index in [1.54, 1.807) is 0 Å². The topological polar surface area (TPSA) is 26.3 Å². The third-order valence-electron chi connectivity index (χ3n) is 2.97. The Kier molecular flexibility index (Phi) is 3.28. The molecule has 0 spiro atoms. The Morgan fingerprint density at radius 3 is 2.75 bits per heavy atom. The van der Waals surface area contributed by atoms with E-state index in [2.05, 4.69) is 13.0 Å². The number of hydrogen-bond acceptors (Lipinski definition) is 2. The van der Waals surface area contributed by atoms with Crippen LogP contribution < -0.4 is 4.74 Å². The van der Waals surface area contributed by atoms with E-state index in [1.807, 2.05) is 19.1 Å². The Bertz CT molecular complexity index is 392. The number of rotatable bonds is 5. The highest BCUT2D eigenvalue weighted by molar-refractivity contribution is 5.83. The number of carbonyl (C=O) groups is 1. The van der Waals surface area contributed by atoms with Gasteiger partial charge in [0.05, 0.1) is 6.61 Å². The van der Waals surface area contributed by atoms with Crippen LogP contribution in [0.3, 0.4) is 0 Å². The van der Waals surface area contributed by atoms with Crippen LogP contribution in [0.5, 0.6) is 5.75 Å². The fraction of sp³-hybridized carbons (Fsp3) is 0.500. The maximum Gasteiger partial charge on any atom is 0.139 e. The molecule has 2 rings (SSSR count). The van der Waals surface area contributed by atoms with E-state index < -0.39 is 0 Å². The molecule has 0 unspecified atom stereocenters. The molecule has 0 bridgehead atoms. The lowest BCUT2D eigenvalue weighted by molar-refractivity contribution is -0.120. The lowest BCUT2D eigenvalue weighted by atomic mass is 10.1. The maximum absolute atomic E-state index is 11.5. The molecule has 2 heteroatoms. The van der Waals surface area contributed by atoms with Crippen LogP contribution in [0.4, 0.5) is 0 Å². The van der Waals surface area contributed by atoms with Crippen molar-refractivity contribution < 1.29 is 9.53 Å². The molecule has 0 heterocycles. The molecule has 1 aromatic rings. The van der Waals surface area contributed by atoms with Crippen LogP contribution in [0.1, 0.15) is 30.4 Å². The maximum atomic E-state index is 11.5. The number of ketones is 1. The number of carbonyl (C=O) groups excluding carboxylic acids is 1. The molecule has 1 aromatic carbocycles. The molecule has 1 saturated carbocycles. The first-order valence-electron chi connectivity index (χ1n) is 5.89. The van der Waals surface area contributed by atoms with Crippen LogP contribution in [0.15, 0.2) is 18.2 Å². The molecule has 0 amide bonds. The van der Waals surface area contributed by atoms with E-state index in [-0.39, 0.29) is 0 Å². The van der Waals surface area contributed by atoms with Crippen LogP contribution in [0, 0.1) is 19.8 Å². The molecular weight excluding hydrogens is 200 g/mol. The van der Waals surface area contributed by atoms with E-state index >= 15 is 0 Å². The highest BCUT2D eigenvalue weighted by Gasteiger charge is 2.28. The molecule has 0 N–H and O–H groups in total. The van der Waals surface area contributed by atoms with Gasteiger partial charge in [0, 0.05) is 12.3 Å². The second kappa shape index (κ2) is 4.69. The van der Waals surface area contributed by atoms with Crippen molar-refractivity contribution in [3.8, 4) is 5.75 Å². The number of benzene rings is 1. The smallest absolute Gasteiger partial charge is 0.139 e. The Balaban J connectivity index is 1.82. The van der Waals surface area contributed by atoms with Crippen molar-refractivity contribution in [2.75, 3.05) is 6.61 Å². The van der Waals surface area contributed by atoms with E-state index in [9.17, 15) is 4.79 Å². The Morgan fingerprint density at radius 1 is 1.38 bits per heavy atom. The van der Waals surface area contributed by atoms with E-state index in [0.717, 1.165) is 24.2 Å². The van der Waals surface area contributed by atoms with Gasteiger partial charge in [-0.05, 0) is 38.3 Å². The fourth-order valence-electron chi connectivity index (χ4n) is 1.83. The molecule has 1 aliphatic carbocycles. The summed E-state index contributed by atoms with van der Waals surface area (Å²) < 4.78 is 5.62. The van der Waals surface area contributed by atoms with Gasteiger partial charge < -0.3 is 4.74 Å². The predicted octanol–water partition coefficient (Wildman–Crippen LogP) is 3.05. The highest BCUT2D eigenvalue weighted by atomic mass is 16.5. The van der Waals surface area contributed by atoms with Gasteiger partial charge in [0.2, 0.25) is 0 Å². The van der Waals surface area contributed by atoms with Gasteiger partial charge in [0.25, 0.3) is 0 Å². The van der Waals surface area contributed by atoms with E-state index in [0.29, 0.717) is 24.7 Å². The second-order valence-corrected chi connectivity index (χ2v) is 4.61. The number of Topliss-reactive ketones (excluding diaryl/α,β-unsaturated/α-hetero) is 1. The third kappa shape index (κ3) is 2.84. The van der Waals surface area contributed by atoms with Gasteiger partial charge in [-0.25, -0.2) is 0 Å². The predicted molar refractivity (Wildman–Crippen MR) is 63.8 cm³/mol. The largest absolute Gasteiger partial charge is 0.493 e. The molecular formula is C14H18O2. The second-order valence-electron chi connectivity index (χ2n) is 4.61. The summed E-state index contributed by atoms with van der Waals surface area (Å²) in [5.74, 6) is 1.61. The summed E-state index contributed by atoms with van der Waals surface area (Å²) in [7, 11) is 0. The van der Waals surface area contributed by atoms with Gasteiger partial charge in [0.1, 0.15) is 11.5 Å². The first-order chi connectivity index (χ1) is 7.66. The molecule has 0 aromatic heterocycles. The van der Waals surface area contributed by atoms with Gasteiger partial charge in [0.15, 0.2) is 0 Å². The molecule has 0 atom stereocenters. The van der Waals surface area contributed by atoms with Gasteiger partial charge in [-0.1, -0.05) is 17.7 Å². The van der Waals surface area contributed by atoms with Crippen molar-refractivity contribution in [3.63, 3.8) is 0 Å². The zero-order valence-electron chi connectivity index (χ0n) is 9.95. The number of aryl methyl sites for hydroxylation is 2. The normalized spacial score (nSPS) is 14.9. The number of ether oxygens (including phenoxy) is 1. The van der Waals surface area contributed by atoms with Crippen molar-refractivity contribution in [1.29, 1.82) is 0 Å². The van der Waals surface area contributed by atoms with Gasteiger partial charge in [-0.3, -0.25) is 4.79 Å². The van der Waals surface area contributed by atoms with Crippen molar-refractivity contribution in [2.45, 2.75) is 33.1 Å². The first-order valence-corrected chi connectivity index (χ1v) is 5.89. The van der Waals surface area contributed by atoms with Crippen LogP contribution in [0.25, 0.3) is 0 Å². The average Bonchev–Trinajstić information content (AvgIpc) is 3.04. The fourth-order valence-corrected chi connectivity index (χ4v) is 1.83. The van der Waals surface area contributed by atoms with Crippen molar-refractivity contribution in [1.82, 2.24) is 0 Å². The van der Waals surface area contributed by atoms with Crippen LogP contribution >= 0.6 is 0 Å². The summed E-state index contributed by atoms with van der Waals surface area (Å²) >= 11 is 0. The zero-order chi connectivity index (χ0) is 11.5. The lowest BCUT2D eigenvalue weighted by Gasteiger charge is -2.09. The summed E-state index contributed by atoms with van der Waals surface area (Å²) in [6, 6.07) is 6.11. The highest BCUT2D eigenvalue weighted by Crippen LogP contribution is 2.30. The third-order valence-corrected chi connectivity index (χ3v) is 2.97. The van der Waals surface area contributed by atoms with Crippen molar-refractivity contribution in [3.05, 3.63) is 29.3 Å². The monoisotopic (exact) mass is 218 g/mol. The lowest BCUT2D eigenvalue weighted by Crippen LogP contribution is -2.08. The molecule has 86 valence electrons. The van der Waals surface area contributed by atoms with Crippen LogP contribution in [0.2, 0.25) is 0 Å². The summed E-state index contributed by atoms with van der Waals surface area (Å²) in [5, 5.41) is 0. The Labute approximate surface area is 96.6 Å². The molecule has 1 aliphatic rings. The minimum atomic E-state index is 0.350. The molecule has 0 saturated heterocycles. The first kappa shape index (κ1) is 11.2. The minimum Gasteiger partial charge on any atom is -0.493 e. The van der Waals surface area contributed by atoms with Gasteiger partial charge >= 0.3 is 0 Å². The SMILES string of the molecule is Cc1ccc(OCCC(=O)C2CC2)c(C)c1. The summed E-state index contributed by atoms with van der Waals surface area (Å²) in [6.45, 7) is 4.61. The van der Waals surface area contributed by atoms with Gasteiger partial charge in [-0.15, -0.1) is 0 Å². The average molecular weight is 218 g/mol. The quantitative estimate of drug-likeness (QED) is 0.759. The van der Waals surface area contributed by atoms with Crippen molar-refractivity contribution in [2.24, 2.45) is 5.92 Å². The molecule has 1 fully saturated rings. The van der Waals surface area contributed by atoms with Crippen LogP contribution in [-0.4, -0.2) is 12.4 Å². The van der Waals surface area contributed by atoms with Crippen molar-refractivity contribution >= 4 is 5.78 Å². The van der Waals surface area contributed by atoms with E-state index in [4.69, 9.17) is 4.74 Å². The zero-order valence-corrected chi connectivity index (χ0v) is 9.95. The summed E-state index contributed by atoms with van der Waals surface area (Å²) in [5.41, 5.74) is 2.37. The summed E-state index contributed by atoms with van der Waals surface area (Å²) in [4.78, 5) is 11.5.